The van der Waals surface area contributed by atoms with Crippen LogP contribution in [0.4, 0.5) is 0 Å². The van der Waals surface area contributed by atoms with Crippen molar-refractivity contribution < 1.29 is 13.4 Å². The Morgan fingerprint density at radius 2 is 1.63 bits per heavy atom. The molecule has 4 aromatic rings. The van der Waals surface area contributed by atoms with Gasteiger partial charge >= 0.3 is 0 Å². The van der Waals surface area contributed by atoms with Crippen molar-refractivity contribution in [3.63, 3.8) is 0 Å². The maximum atomic E-state index is 5.93. The Morgan fingerprint density at radius 1 is 0.900 bits per heavy atom. The lowest BCUT2D eigenvalue weighted by atomic mass is 10.2. The third-order valence-corrected chi connectivity index (χ3v) is 5.20. The minimum absolute atomic E-state index is 0.404. The van der Waals surface area contributed by atoms with Gasteiger partial charge in [0.15, 0.2) is 5.76 Å². The highest BCUT2D eigenvalue weighted by atomic mass is 35.5. The quantitative estimate of drug-likeness (QED) is 0.459. The van der Waals surface area contributed by atoms with Gasteiger partial charge in [0.2, 0.25) is 17.6 Å². The van der Waals surface area contributed by atoms with Crippen molar-refractivity contribution >= 4 is 11.6 Å². The lowest BCUT2D eigenvalue weighted by Gasteiger charge is -2.32. The number of hydrogen-bond donors (Lipinski definition) is 0. The average Bonchev–Trinajstić information content (AvgIpc) is 3.52. The lowest BCUT2D eigenvalue weighted by Crippen LogP contribution is -2.45. The van der Waals surface area contributed by atoms with E-state index >= 15 is 0 Å². The summed E-state index contributed by atoms with van der Waals surface area (Å²) in [6, 6.07) is 11.0. The zero-order chi connectivity index (χ0) is 20.3. The van der Waals surface area contributed by atoms with Crippen LogP contribution < -0.4 is 0 Å². The molecule has 3 aromatic heterocycles. The molecule has 0 unspecified atom stereocenters. The minimum atomic E-state index is 0.404. The van der Waals surface area contributed by atoms with Gasteiger partial charge in [0.25, 0.3) is 5.89 Å². The smallest absolute Gasteiger partial charge is 0.283 e. The predicted molar refractivity (Wildman–Crippen MR) is 107 cm³/mol. The molecule has 0 atom stereocenters. The molecule has 9 nitrogen and oxygen atoms in total. The molecule has 1 saturated heterocycles. The Kier molecular flexibility index (Phi) is 5.31. The van der Waals surface area contributed by atoms with Gasteiger partial charge in [-0.25, -0.2) is 0 Å². The van der Waals surface area contributed by atoms with E-state index < -0.39 is 0 Å². The molecule has 0 spiro atoms. The van der Waals surface area contributed by atoms with Gasteiger partial charge in [0, 0.05) is 36.8 Å². The zero-order valence-corrected chi connectivity index (χ0v) is 16.8. The number of benzene rings is 1. The SMILES string of the molecule is Clc1ccc(-c2noc(CN3CCN(Cc4nnc(-c5ccco5)o4)CC3)n2)cc1. The Balaban J connectivity index is 1.13. The second kappa shape index (κ2) is 8.39. The van der Waals surface area contributed by atoms with Crippen molar-refractivity contribution in [2.75, 3.05) is 26.2 Å². The number of halogens is 1. The van der Waals surface area contributed by atoms with Gasteiger partial charge < -0.3 is 13.4 Å². The first-order valence-electron chi connectivity index (χ1n) is 9.62. The topological polar surface area (TPSA) is 97.5 Å². The number of rotatable bonds is 6. The van der Waals surface area contributed by atoms with E-state index in [-0.39, 0.29) is 0 Å². The minimum Gasteiger partial charge on any atom is -0.459 e. The number of nitrogens with zero attached hydrogens (tertiary/aromatic N) is 6. The molecule has 0 bridgehead atoms. The Hall–Kier alpha value is -3.01. The van der Waals surface area contributed by atoms with E-state index in [0.717, 1.165) is 31.7 Å². The second-order valence-corrected chi connectivity index (χ2v) is 7.49. The van der Waals surface area contributed by atoms with Crippen molar-refractivity contribution in [3.05, 3.63) is 59.5 Å². The molecular weight excluding hydrogens is 408 g/mol. The molecule has 10 heteroatoms. The van der Waals surface area contributed by atoms with Crippen molar-refractivity contribution in [1.82, 2.24) is 30.1 Å². The van der Waals surface area contributed by atoms with Crippen LogP contribution >= 0.6 is 11.6 Å². The van der Waals surface area contributed by atoms with E-state index in [2.05, 4.69) is 30.1 Å². The monoisotopic (exact) mass is 426 g/mol. The van der Waals surface area contributed by atoms with Crippen LogP contribution in [0.15, 0.2) is 56.0 Å². The fraction of sp³-hybridized carbons (Fsp3) is 0.300. The molecule has 4 heterocycles. The van der Waals surface area contributed by atoms with E-state index in [9.17, 15) is 0 Å². The summed E-state index contributed by atoms with van der Waals surface area (Å²) in [5.41, 5.74) is 0.882. The summed E-state index contributed by atoms with van der Waals surface area (Å²) in [5.74, 6) is 2.74. The van der Waals surface area contributed by atoms with E-state index in [0.29, 0.717) is 47.4 Å². The molecule has 1 fully saturated rings. The number of furan rings is 1. The summed E-state index contributed by atoms with van der Waals surface area (Å²) < 4.78 is 16.4. The van der Waals surface area contributed by atoms with Crippen molar-refractivity contribution in [3.8, 4) is 23.0 Å². The van der Waals surface area contributed by atoms with Crippen LogP contribution in [0.3, 0.4) is 0 Å². The summed E-state index contributed by atoms with van der Waals surface area (Å²) in [5, 5.41) is 12.9. The molecule has 1 aliphatic rings. The summed E-state index contributed by atoms with van der Waals surface area (Å²) >= 11 is 5.93. The fourth-order valence-corrected chi connectivity index (χ4v) is 3.47. The summed E-state index contributed by atoms with van der Waals surface area (Å²) in [4.78, 5) is 9.07. The molecule has 5 rings (SSSR count). The maximum Gasteiger partial charge on any atom is 0.283 e. The number of hydrogen-bond acceptors (Lipinski definition) is 9. The summed E-state index contributed by atoms with van der Waals surface area (Å²) in [7, 11) is 0. The Morgan fingerprint density at radius 3 is 2.33 bits per heavy atom. The van der Waals surface area contributed by atoms with Crippen LogP contribution in [-0.4, -0.2) is 56.3 Å². The van der Waals surface area contributed by atoms with Crippen LogP contribution in [0.5, 0.6) is 0 Å². The van der Waals surface area contributed by atoms with Gasteiger partial charge in [-0.1, -0.05) is 16.8 Å². The van der Waals surface area contributed by atoms with Gasteiger partial charge in [-0.15, -0.1) is 10.2 Å². The number of piperazine rings is 1. The highest BCUT2D eigenvalue weighted by Crippen LogP contribution is 2.20. The second-order valence-electron chi connectivity index (χ2n) is 7.05. The molecule has 30 heavy (non-hydrogen) atoms. The van der Waals surface area contributed by atoms with E-state index in [1.807, 2.05) is 24.3 Å². The van der Waals surface area contributed by atoms with Crippen LogP contribution in [-0.2, 0) is 13.1 Å². The largest absolute Gasteiger partial charge is 0.459 e. The molecule has 0 N–H and O–H groups in total. The highest BCUT2D eigenvalue weighted by Gasteiger charge is 2.21. The van der Waals surface area contributed by atoms with Crippen molar-refractivity contribution in [2.45, 2.75) is 13.1 Å². The molecule has 0 radical (unpaired) electrons. The molecule has 0 saturated carbocycles. The Bertz CT molecular complexity index is 1080. The molecule has 0 amide bonds. The van der Waals surface area contributed by atoms with E-state index in [1.54, 1.807) is 18.4 Å². The number of aromatic nitrogens is 4. The van der Waals surface area contributed by atoms with Gasteiger partial charge in [0.1, 0.15) is 0 Å². The van der Waals surface area contributed by atoms with Gasteiger partial charge in [0.05, 0.1) is 19.4 Å². The van der Waals surface area contributed by atoms with Crippen LogP contribution in [0.25, 0.3) is 23.0 Å². The van der Waals surface area contributed by atoms with Crippen molar-refractivity contribution in [2.24, 2.45) is 0 Å². The standard InChI is InChI=1S/C20H19ClN6O3/c21-15-5-3-14(4-6-15)19-22-17(30-25-19)12-26-7-9-27(10-8-26)13-18-23-24-20(29-18)16-2-1-11-28-16/h1-6,11H,7-10,12-13H2. The molecular formula is C20H19ClN6O3. The first-order valence-corrected chi connectivity index (χ1v) is 10.0. The molecule has 0 aliphatic carbocycles. The first kappa shape index (κ1) is 19.0. The third-order valence-electron chi connectivity index (χ3n) is 4.95. The normalized spacial score (nSPS) is 15.6. The van der Waals surface area contributed by atoms with Gasteiger partial charge in [-0.2, -0.15) is 4.98 Å². The van der Waals surface area contributed by atoms with E-state index in [1.165, 1.54) is 0 Å². The average molecular weight is 427 g/mol. The summed E-state index contributed by atoms with van der Waals surface area (Å²) in [6.45, 7) is 4.78. The van der Waals surface area contributed by atoms with Crippen LogP contribution in [0.2, 0.25) is 5.02 Å². The van der Waals surface area contributed by atoms with Crippen LogP contribution in [0.1, 0.15) is 11.8 Å². The third kappa shape index (κ3) is 4.28. The zero-order valence-electron chi connectivity index (χ0n) is 16.1. The van der Waals surface area contributed by atoms with Gasteiger partial charge in [-0.05, 0) is 36.4 Å². The molecule has 1 aromatic carbocycles. The van der Waals surface area contributed by atoms with E-state index in [4.69, 9.17) is 25.0 Å². The Labute approximate surface area is 177 Å². The van der Waals surface area contributed by atoms with Crippen molar-refractivity contribution in [1.29, 1.82) is 0 Å². The molecule has 154 valence electrons. The molecule has 1 aliphatic heterocycles. The first-order chi connectivity index (χ1) is 14.7. The summed E-state index contributed by atoms with van der Waals surface area (Å²) in [6.07, 6.45) is 1.58. The van der Waals surface area contributed by atoms with Crippen LogP contribution in [0, 0.1) is 0 Å². The lowest BCUT2D eigenvalue weighted by molar-refractivity contribution is 0.106. The maximum absolute atomic E-state index is 5.93. The fourth-order valence-electron chi connectivity index (χ4n) is 3.34. The predicted octanol–water partition coefficient (Wildman–Crippen LogP) is 3.35. The highest BCUT2D eigenvalue weighted by molar-refractivity contribution is 6.30. The van der Waals surface area contributed by atoms with Gasteiger partial charge in [-0.3, -0.25) is 9.80 Å².